The lowest BCUT2D eigenvalue weighted by molar-refractivity contribution is -0.117. The van der Waals surface area contributed by atoms with E-state index in [4.69, 9.17) is 0 Å². The van der Waals surface area contributed by atoms with Crippen LogP contribution in [0.15, 0.2) is 42.5 Å². The molecule has 30 heavy (non-hydrogen) atoms. The molecule has 1 N–H and O–H groups in total. The van der Waals surface area contributed by atoms with Gasteiger partial charge in [0.15, 0.2) is 0 Å². The summed E-state index contributed by atoms with van der Waals surface area (Å²) in [5, 5.41) is 5.45. The van der Waals surface area contributed by atoms with Crippen LogP contribution in [0.2, 0.25) is 0 Å². The number of rotatable bonds is 5. The van der Waals surface area contributed by atoms with E-state index < -0.39 is 0 Å². The predicted octanol–water partition coefficient (Wildman–Crippen LogP) is 5.21. The van der Waals surface area contributed by atoms with E-state index in [9.17, 15) is 4.79 Å². The highest BCUT2D eigenvalue weighted by molar-refractivity contribution is 5.95. The second-order valence-electron chi connectivity index (χ2n) is 8.54. The normalized spacial score (nSPS) is 18.8. The Morgan fingerprint density at radius 1 is 0.833 bits per heavy atom. The molecule has 166 valence electrons. The largest absolute Gasteiger partial charge is 0.325 e. The average Bonchev–Trinajstić information content (AvgIpc) is 2.93. The Morgan fingerprint density at radius 3 is 2.33 bits per heavy atom. The second kappa shape index (κ2) is 12.5. The van der Waals surface area contributed by atoms with Crippen molar-refractivity contribution in [3.63, 3.8) is 0 Å². The van der Waals surface area contributed by atoms with Gasteiger partial charge in [-0.2, -0.15) is 0 Å². The maximum absolute atomic E-state index is 12.6. The van der Waals surface area contributed by atoms with Crippen LogP contribution in [0.5, 0.6) is 0 Å². The lowest BCUT2D eigenvalue weighted by Gasteiger charge is -2.28. The monoisotopic (exact) mass is 451 g/mol. The lowest BCUT2D eigenvalue weighted by Crippen LogP contribution is -2.37. The van der Waals surface area contributed by atoms with Crippen molar-refractivity contribution in [1.82, 2.24) is 9.80 Å². The third kappa shape index (κ3) is 7.12. The molecule has 0 radical (unpaired) electrons. The van der Waals surface area contributed by atoms with Crippen LogP contribution in [0.3, 0.4) is 0 Å². The average molecular weight is 452 g/mol. The van der Waals surface area contributed by atoms with Crippen molar-refractivity contribution in [2.24, 2.45) is 5.92 Å². The van der Waals surface area contributed by atoms with Gasteiger partial charge in [0, 0.05) is 25.3 Å². The molecule has 1 aliphatic carbocycles. The number of hydrogen-bond acceptors (Lipinski definition) is 3. The Hall–Kier alpha value is -1.33. The van der Waals surface area contributed by atoms with Crippen molar-refractivity contribution in [3.8, 4) is 0 Å². The first-order valence-corrected chi connectivity index (χ1v) is 11.0. The maximum Gasteiger partial charge on any atom is 0.238 e. The maximum atomic E-state index is 12.6. The highest BCUT2D eigenvalue weighted by Crippen LogP contribution is 2.25. The predicted molar refractivity (Wildman–Crippen MR) is 131 cm³/mol. The first kappa shape index (κ1) is 24.9. The fraction of sp³-hybridized carbons (Fsp3) is 0.542. The summed E-state index contributed by atoms with van der Waals surface area (Å²) in [6, 6.07) is 14.4. The smallest absolute Gasteiger partial charge is 0.238 e. The standard InChI is InChI=1S/C24H33N3O.2ClH/c28-24(25-23-12-11-21-9-4-5-10-22(21)17-23)19-27-14-6-13-26(15-16-27)18-20-7-2-1-3-8-20;;/h4-5,9-12,17,20H,1-3,6-8,13-16,18-19H2,(H,25,28);2*1H. The summed E-state index contributed by atoms with van der Waals surface area (Å²) >= 11 is 0. The molecule has 1 saturated heterocycles. The molecule has 0 unspecified atom stereocenters. The number of carbonyl (C=O) groups is 1. The van der Waals surface area contributed by atoms with Crippen molar-refractivity contribution in [3.05, 3.63) is 42.5 Å². The number of amides is 1. The Bertz CT molecular complexity index is 795. The molecule has 2 aromatic rings. The third-order valence-corrected chi connectivity index (χ3v) is 6.32. The van der Waals surface area contributed by atoms with Gasteiger partial charge < -0.3 is 10.2 Å². The highest BCUT2D eigenvalue weighted by atomic mass is 35.5. The van der Waals surface area contributed by atoms with Crippen molar-refractivity contribution in [2.75, 3.05) is 44.6 Å². The van der Waals surface area contributed by atoms with Gasteiger partial charge in [-0.25, -0.2) is 0 Å². The van der Waals surface area contributed by atoms with Crippen molar-refractivity contribution in [1.29, 1.82) is 0 Å². The summed E-state index contributed by atoms with van der Waals surface area (Å²) in [7, 11) is 0. The SMILES string of the molecule is Cl.Cl.O=C(CN1CCCN(CC2CCCCC2)CC1)Nc1ccc2ccccc2c1. The van der Waals surface area contributed by atoms with Gasteiger partial charge in [0.2, 0.25) is 5.91 Å². The number of nitrogens with one attached hydrogen (secondary N) is 1. The highest BCUT2D eigenvalue weighted by Gasteiger charge is 2.21. The molecule has 6 heteroatoms. The summed E-state index contributed by atoms with van der Waals surface area (Å²) in [6.07, 6.45) is 8.24. The van der Waals surface area contributed by atoms with E-state index in [1.54, 1.807) is 0 Å². The van der Waals surface area contributed by atoms with Gasteiger partial charge in [0.1, 0.15) is 0 Å². The first-order valence-electron chi connectivity index (χ1n) is 11.0. The molecule has 0 spiro atoms. The molecule has 0 atom stereocenters. The zero-order chi connectivity index (χ0) is 19.2. The zero-order valence-electron chi connectivity index (χ0n) is 17.7. The number of carbonyl (C=O) groups excluding carboxylic acids is 1. The van der Waals surface area contributed by atoms with Crippen molar-refractivity contribution in [2.45, 2.75) is 38.5 Å². The first-order chi connectivity index (χ1) is 13.8. The minimum absolute atomic E-state index is 0. The van der Waals surface area contributed by atoms with Crippen LogP contribution in [0.25, 0.3) is 10.8 Å². The lowest BCUT2D eigenvalue weighted by atomic mass is 9.89. The third-order valence-electron chi connectivity index (χ3n) is 6.32. The summed E-state index contributed by atoms with van der Waals surface area (Å²) in [6.45, 7) is 6.05. The summed E-state index contributed by atoms with van der Waals surface area (Å²) < 4.78 is 0. The van der Waals surface area contributed by atoms with Crippen LogP contribution in [0, 0.1) is 5.92 Å². The molecule has 1 amide bonds. The van der Waals surface area contributed by atoms with Gasteiger partial charge in [-0.05, 0) is 61.2 Å². The number of hydrogen-bond donors (Lipinski definition) is 1. The quantitative estimate of drug-likeness (QED) is 0.677. The fourth-order valence-corrected chi connectivity index (χ4v) is 4.77. The van der Waals surface area contributed by atoms with Crippen LogP contribution in [0.1, 0.15) is 38.5 Å². The molecule has 2 fully saturated rings. The molecular formula is C24H35Cl2N3O. The van der Waals surface area contributed by atoms with Crippen molar-refractivity contribution >= 4 is 47.2 Å². The van der Waals surface area contributed by atoms with Crippen LogP contribution < -0.4 is 5.32 Å². The molecule has 0 aromatic heterocycles. The Kier molecular flexibility index (Phi) is 10.4. The molecule has 2 aliphatic rings. The molecule has 4 rings (SSSR count). The minimum atomic E-state index is 0. The summed E-state index contributed by atoms with van der Waals surface area (Å²) in [5.41, 5.74) is 0.887. The molecule has 1 aliphatic heterocycles. The fourth-order valence-electron chi connectivity index (χ4n) is 4.77. The van der Waals surface area contributed by atoms with Gasteiger partial charge in [0.25, 0.3) is 0 Å². The molecular weight excluding hydrogens is 417 g/mol. The number of benzene rings is 2. The van der Waals surface area contributed by atoms with E-state index in [-0.39, 0.29) is 30.7 Å². The molecule has 4 nitrogen and oxygen atoms in total. The number of nitrogens with zero attached hydrogens (tertiary/aromatic N) is 2. The van der Waals surface area contributed by atoms with E-state index >= 15 is 0 Å². The van der Waals surface area contributed by atoms with E-state index in [1.165, 1.54) is 50.6 Å². The Morgan fingerprint density at radius 2 is 1.53 bits per heavy atom. The molecule has 1 heterocycles. The van der Waals surface area contributed by atoms with Crippen LogP contribution in [-0.2, 0) is 4.79 Å². The van der Waals surface area contributed by atoms with E-state index in [0.717, 1.165) is 43.0 Å². The van der Waals surface area contributed by atoms with E-state index in [0.29, 0.717) is 6.54 Å². The van der Waals surface area contributed by atoms with Crippen LogP contribution >= 0.6 is 24.8 Å². The Balaban J connectivity index is 0.00000160. The molecule has 2 aromatic carbocycles. The molecule has 0 bridgehead atoms. The summed E-state index contributed by atoms with van der Waals surface area (Å²) in [5.74, 6) is 0.993. The zero-order valence-corrected chi connectivity index (χ0v) is 19.4. The van der Waals surface area contributed by atoms with Gasteiger partial charge in [-0.15, -0.1) is 24.8 Å². The van der Waals surface area contributed by atoms with Gasteiger partial charge in [0.05, 0.1) is 6.54 Å². The van der Waals surface area contributed by atoms with Gasteiger partial charge in [-0.3, -0.25) is 9.69 Å². The topological polar surface area (TPSA) is 35.6 Å². The number of halogens is 2. The van der Waals surface area contributed by atoms with Gasteiger partial charge in [-0.1, -0.05) is 49.6 Å². The number of fused-ring (bicyclic) bond motifs is 1. The van der Waals surface area contributed by atoms with E-state index in [2.05, 4.69) is 39.4 Å². The minimum Gasteiger partial charge on any atom is -0.325 e. The van der Waals surface area contributed by atoms with Gasteiger partial charge >= 0.3 is 0 Å². The van der Waals surface area contributed by atoms with Crippen LogP contribution in [-0.4, -0.2) is 55.0 Å². The summed E-state index contributed by atoms with van der Waals surface area (Å²) in [4.78, 5) is 17.5. The van der Waals surface area contributed by atoms with Crippen LogP contribution in [0.4, 0.5) is 5.69 Å². The Labute approximate surface area is 193 Å². The number of anilines is 1. The van der Waals surface area contributed by atoms with E-state index in [1.807, 2.05) is 18.2 Å². The van der Waals surface area contributed by atoms with Crippen molar-refractivity contribution < 1.29 is 4.79 Å². The molecule has 1 saturated carbocycles. The second-order valence-corrected chi connectivity index (χ2v) is 8.54.